The van der Waals surface area contributed by atoms with Crippen molar-refractivity contribution in [3.8, 4) is 0 Å². The number of halogens is 1. The topological polar surface area (TPSA) is 34.9 Å². The van der Waals surface area contributed by atoms with Gasteiger partial charge in [0.2, 0.25) is 5.78 Å². The lowest BCUT2D eigenvalue weighted by molar-refractivity contribution is 0.103. The Morgan fingerprint density at radius 3 is 2.69 bits per heavy atom. The third-order valence-corrected chi connectivity index (χ3v) is 2.25. The van der Waals surface area contributed by atoms with Crippen LogP contribution < -0.4 is 0 Å². The molecule has 0 unspecified atom stereocenters. The highest BCUT2D eigenvalue weighted by atomic mass is 19.1. The second kappa shape index (κ2) is 3.89. The number of nitrogens with zero attached hydrogens (tertiary/aromatic N) is 2. The van der Waals surface area contributed by atoms with Crippen molar-refractivity contribution in [2.75, 3.05) is 0 Å². The molecule has 0 amide bonds. The molecule has 0 radical (unpaired) electrons. The number of aromatic nitrogens is 2. The smallest absolute Gasteiger partial charge is 0.213 e. The van der Waals surface area contributed by atoms with Crippen molar-refractivity contribution in [2.24, 2.45) is 7.05 Å². The lowest BCUT2D eigenvalue weighted by Crippen LogP contribution is -2.04. The molecule has 0 spiro atoms. The van der Waals surface area contributed by atoms with Gasteiger partial charge in [-0.05, 0) is 36.8 Å². The van der Waals surface area contributed by atoms with Gasteiger partial charge >= 0.3 is 0 Å². The van der Waals surface area contributed by atoms with Crippen LogP contribution >= 0.6 is 0 Å². The molecule has 0 atom stereocenters. The summed E-state index contributed by atoms with van der Waals surface area (Å²) in [4.78, 5) is 11.9. The Kier molecular flexibility index (Phi) is 2.56. The number of ketones is 1. The number of rotatable bonds is 2. The van der Waals surface area contributed by atoms with Gasteiger partial charge in [-0.1, -0.05) is 0 Å². The van der Waals surface area contributed by atoms with E-state index in [9.17, 15) is 9.18 Å². The second-order valence-corrected chi connectivity index (χ2v) is 3.72. The number of hydrogen-bond acceptors (Lipinski definition) is 2. The minimum atomic E-state index is -0.403. The lowest BCUT2D eigenvalue weighted by atomic mass is 10.1. The summed E-state index contributed by atoms with van der Waals surface area (Å²) in [5.74, 6) is -0.664. The standard InChI is InChI=1S/C12H11FN2O/c1-8-5-9(7-10(13)6-8)12(16)11-3-4-15(2)14-11/h3-7H,1-2H3. The first-order valence-corrected chi connectivity index (χ1v) is 4.88. The summed E-state index contributed by atoms with van der Waals surface area (Å²) >= 11 is 0. The van der Waals surface area contributed by atoms with E-state index in [0.717, 1.165) is 5.56 Å². The number of hydrogen-bond donors (Lipinski definition) is 0. The van der Waals surface area contributed by atoms with Crippen molar-refractivity contribution < 1.29 is 9.18 Å². The highest BCUT2D eigenvalue weighted by molar-refractivity contribution is 6.07. The molecule has 1 aromatic carbocycles. The quantitative estimate of drug-likeness (QED) is 0.723. The summed E-state index contributed by atoms with van der Waals surface area (Å²) in [7, 11) is 1.73. The van der Waals surface area contributed by atoms with Gasteiger partial charge in [-0.3, -0.25) is 9.48 Å². The number of carbonyl (C=O) groups is 1. The average Bonchev–Trinajstić information content (AvgIpc) is 2.62. The van der Waals surface area contributed by atoms with Crippen LogP contribution in [0.3, 0.4) is 0 Å². The summed E-state index contributed by atoms with van der Waals surface area (Å²) in [6, 6.07) is 5.88. The zero-order chi connectivity index (χ0) is 11.7. The first-order valence-electron chi connectivity index (χ1n) is 4.88. The minimum Gasteiger partial charge on any atom is -0.287 e. The molecule has 82 valence electrons. The van der Waals surface area contributed by atoms with E-state index in [1.807, 2.05) is 0 Å². The van der Waals surface area contributed by atoms with Gasteiger partial charge in [0.25, 0.3) is 0 Å². The van der Waals surface area contributed by atoms with Gasteiger partial charge in [0.1, 0.15) is 11.5 Å². The Hall–Kier alpha value is -1.97. The van der Waals surface area contributed by atoms with Gasteiger partial charge in [0, 0.05) is 18.8 Å². The Balaban J connectivity index is 2.41. The molecule has 0 aliphatic carbocycles. The molecule has 0 aliphatic heterocycles. The van der Waals surface area contributed by atoms with Crippen molar-refractivity contribution in [3.63, 3.8) is 0 Å². The highest BCUT2D eigenvalue weighted by Gasteiger charge is 2.12. The summed E-state index contributed by atoms with van der Waals surface area (Å²) < 4.78 is 14.7. The molecule has 1 aromatic heterocycles. The van der Waals surface area contributed by atoms with E-state index in [-0.39, 0.29) is 5.78 Å². The SMILES string of the molecule is Cc1cc(F)cc(C(=O)c2ccn(C)n2)c1. The summed E-state index contributed by atoms with van der Waals surface area (Å²) in [5.41, 5.74) is 1.38. The summed E-state index contributed by atoms with van der Waals surface area (Å²) in [6.07, 6.45) is 1.68. The fourth-order valence-electron chi connectivity index (χ4n) is 1.55. The summed E-state index contributed by atoms with van der Waals surface area (Å²) in [5, 5.41) is 3.99. The average molecular weight is 218 g/mol. The van der Waals surface area contributed by atoms with Crippen LogP contribution in [-0.4, -0.2) is 15.6 Å². The third-order valence-electron chi connectivity index (χ3n) is 2.25. The molecule has 0 saturated carbocycles. The van der Waals surface area contributed by atoms with Crippen LogP contribution in [0.4, 0.5) is 4.39 Å². The van der Waals surface area contributed by atoms with Gasteiger partial charge in [0.15, 0.2) is 0 Å². The molecule has 3 nitrogen and oxygen atoms in total. The van der Waals surface area contributed by atoms with E-state index in [4.69, 9.17) is 0 Å². The fourth-order valence-corrected chi connectivity index (χ4v) is 1.55. The predicted molar refractivity (Wildman–Crippen MR) is 57.8 cm³/mol. The molecule has 1 heterocycles. The van der Waals surface area contributed by atoms with Crippen molar-refractivity contribution in [2.45, 2.75) is 6.92 Å². The molecule has 16 heavy (non-hydrogen) atoms. The maximum absolute atomic E-state index is 13.1. The van der Waals surface area contributed by atoms with Crippen LogP contribution in [-0.2, 0) is 7.05 Å². The maximum Gasteiger partial charge on any atom is 0.213 e. The summed E-state index contributed by atoms with van der Waals surface area (Å²) in [6.45, 7) is 1.75. The minimum absolute atomic E-state index is 0.261. The Morgan fingerprint density at radius 1 is 1.38 bits per heavy atom. The maximum atomic E-state index is 13.1. The predicted octanol–water partition coefficient (Wildman–Crippen LogP) is 2.10. The van der Waals surface area contributed by atoms with Crippen LogP contribution in [0.15, 0.2) is 30.5 Å². The van der Waals surface area contributed by atoms with Gasteiger partial charge in [-0.15, -0.1) is 0 Å². The molecule has 2 rings (SSSR count). The molecule has 2 aromatic rings. The molecule has 0 N–H and O–H groups in total. The van der Waals surface area contributed by atoms with Crippen molar-refractivity contribution in [1.82, 2.24) is 9.78 Å². The molecule has 4 heteroatoms. The first kappa shape index (κ1) is 10.5. The van der Waals surface area contributed by atoms with Gasteiger partial charge in [-0.25, -0.2) is 4.39 Å². The van der Waals surface area contributed by atoms with E-state index in [1.165, 1.54) is 12.1 Å². The number of aryl methyl sites for hydroxylation is 2. The molecule has 0 fully saturated rings. The molecular formula is C12H11FN2O. The van der Waals surface area contributed by atoms with Gasteiger partial charge in [0.05, 0.1) is 0 Å². The number of carbonyl (C=O) groups excluding carboxylic acids is 1. The van der Waals surface area contributed by atoms with E-state index in [0.29, 0.717) is 11.3 Å². The van der Waals surface area contributed by atoms with E-state index in [1.54, 1.807) is 37.0 Å². The Labute approximate surface area is 92.5 Å². The zero-order valence-electron chi connectivity index (χ0n) is 9.07. The largest absolute Gasteiger partial charge is 0.287 e. The normalized spacial score (nSPS) is 10.4. The molecule has 0 saturated heterocycles. The van der Waals surface area contributed by atoms with Crippen molar-refractivity contribution in [1.29, 1.82) is 0 Å². The third kappa shape index (κ3) is 2.00. The zero-order valence-corrected chi connectivity index (χ0v) is 9.07. The van der Waals surface area contributed by atoms with Gasteiger partial charge in [-0.2, -0.15) is 5.10 Å². The molecule has 0 bridgehead atoms. The molecule has 0 aliphatic rings. The van der Waals surface area contributed by atoms with Crippen molar-refractivity contribution in [3.05, 3.63) is 53.1 Å². The van der Waals surface area contributed by atoms with E-state index >= 15 is 0 Å². The van der Waals surface area contributed by atoms with Crippen LogP contribution in [0.1, 0.15) is 21.6 Å². The van der Waals surface area contributed by atoms with Crippen LogP contribution in [0.2, 0.25) is 0 Å². The Bertz CT molecular complexity index is 525. The monoisotopic (exact) mass is 218 g/mol. The van der Waals surface area contributed by atoms with Crippen molar-refractivity contribution >= 4 is 5.78 Å². The van der Waals surface area contributed by atoms with Crippen LogP contribution in [0, 0.1) is 12.7 Å². The molecular weight excluding hydrogens is 207 g/mol. The number of benzene rings is 1. The fraction of sp³-hybridized carbons (Fsp3) is 0.167. The highest BCUT2D eigenvalue weighted by Crippen LogP contribution is 2.12. The second-order valence-electron chi connectivity index (χ2n) is 3.72. The first-order chi connectivity index (χ1) is 7.56. The van der Waals surface area contributed by atoms with Crippen LogP contribution in [0.25, 0.3) is 0 Å². The van der Waals surface area contributed by atoms with Gasteiger partial charge < -0.3 is 0 Å². The van der Waals surface area contributed by atoms with E-state index in [2.05, 4.69) is 5.10 Å². The van der Waals surface area contributed by atoms with Crippen LogP contribution in [0.5, 0.6) is 0 Å². The lowest BCUT2D eigenvalue weighted by Gasteiger charge is -2.00. The Morgan fingerprint density at radius 2 is 2.12 bits per heavy atom. The van der Waals surface area contributed by atoms with E-state index < -0.39 is 5.82 Å².